The maximum atomic E-state index is 6.22. The molecule has 102 valence electrons. The van der Waals surface area contributed by atoms with E-state index in [1.807, 2.05) is 0 Å². The summed E-state index contributed by atoms with van der Waals surface area (Å²) in [7, 11) is 2.30. The van der Waals surface area contributed by atoms with Crippen molar-refractivity contribution in [1.29, 1.82) is 0 Å². The highest BCUT2D eigenvalue weighted by atomic mass is 15.2. The summed E-state index contributed by atoms with van der Waals surface area (Å²) in [5, 5.41) is 0. The first-order valence-electron chi connectivity index (χ1n) is 7.38. The van der Waals surface area contributed by atoms with Crippen LogP contribution < -0.4 is 5.73 Å². The van der Waals surface area contributed by atoms with E-state index < -0.39 is 0 Å². The first kappa shape index (κ1) is 15.0. The van der Waals surface area contributed by atoms with E-state index in [2.05, 4.69) is 39.6 Å². The zero-order valence-corrected chi connectivity index (χ0v) is 12.6. The van der Waals surface area contributed by atoms with Gasteiger partial charge in [-0.1, -0.05) is 40.5 Å². The molecule has 0 aliphatic heterocycles. The SMILES string of the molecule is CCC(CC)N(C)C1(CN)CCCCC1(C)C. The van der Waals surface area contributed by atoms with Crippen molar-refractivity contribution < 1.29 is 0 Å². The molecule has 2 nitrogen and oxygen atoms in total. The van der Waals surface area contributed by atoms with Gasteiger partial charge in [0, 0.05) is 18.1 Å². The lowest BCUT2D eigenvalue weighted by Crippen LogP contribution is -2.64. The zero-order valence-electron chi connectivity index (χ0n) is 12.6. The van der Waals surface area contributed by atoms with E-state index in [1.165, 1.54) is 38.5 Å². The van der Waals surface area contributed by atoms with Crippen LogP contribution in [0.2, 0.25) is 0 Å². The minimum Gasteiger partial charge on any atom is -0.329 e. The Morgan fingerprint density at radius 3 is 2.06 bits per heavy atom. The predicted octanol–water partition coefficient (Wildman–Crippen LogP) is 3.40. The first-order chi connectivity index (χ1) is 7.95. The molecule has 1 rings (SSSR count). The summed E-state index contributed by atoms with van der Waals surface area (Å²) in [6.45, 7) is 10.2. The van der Waals surface area contributed by atoms with E-state index >= 15 is 0 Å². The maximum absolute atomic E-state index is 6.22. The molecule has 0 heterocycles. The van der Waals surface area contributed by atoms with Gasteiger partial charge in [0.05, 0.1) is 0 Å². The number of hydrogen-bond donors (Lipinski definition) is 1. The van der Waals surface area contributed by atoms with E-state index in [9.17, 15) is 0 Å². The van der Waals surface area contributed by atoms with Gasteiger partial charge in [-0.25, -0.2) is 0 Å². The van der Waals surface area contributed by atoms with Crippen molar-refractivity contribution in [3.63, 3.8) is 0 Å². The highest BCUT2D eigenvalue weighted by molar-refractivity contribution is 5.05. The molecule has 0 spiro atoms. The third-order valence-corrected chi connectivity index (χ3v) is 5.40. The van der Waals surface area contributed by atoms with Crippen molar-refractivity contribution in [3.05, 3.63) is 0 Å². The van der Waals surface area contributed by atoms with Crippen LogP contribution in [-0.2, 0) is 0 Å². The fraction of sp³-hybridized carbons (Fsp3) is 1.00. The molecule has 1 atom stereocenters. The Morgan fingerprint density at radius 1 is 1.12 bits per heavy atom. The number of likely N-dealkylation sites (N-methyl/N-ethyl adjacent to an activating group) is 1. The molecule has 0 saturated heterocycles. The highest BCUT2D eigenvalue weighted by Gasteiger charge is 2.49. The molecule has 2 N–H and O–H groups in total. The van der Waals surface area contributed by atoms with Crippen LogP contribution in [0.3, 0.4) is 0 Å². The van der Waals surface area contributed by atoms with Gasteiger partial charge in [0.1, 0.15) is 0 Å². The van der Waals surface area contributed by atoms with Gasteiger partial charge >= 0.3 is 0 Å². The molecule has 1 aliphatic rings. The second kappa shape index (κ2) is 5.71. The van der Waals surface area contributed by atoms with Crippen LogP contribution in [0.15, 0.2) is 0 Å². The van der Waals surface area contributed by atoms with Gasteiger partial charge in [-0.2, -0.15) is 0 Å². The summed E-state index contributed by atoms with van der Waals surface area (Å²) in [4.78, 5) is 2.62. The van der Waals surface area contributed by atoms with Crippen molar-refractivity contribution in [3.8, 4) is 0 Å². The van der Waals surface area contributed by atoms with E-state index in [4.69, 9.17) is 5.73 Å². The van der Waals surface area contributed by atoms with Crippen LogP contribution in [0, 0.1) is 5.41 Å². The number of hydrogen-bond acceptors (Lipinski definition) is 2. The lowest BCUT2D eigenvalue weighted by Gasteiger charge is -2.57. The topological polar surface area (TPSA) is 29.3 Å². The summed E-state index contributed by atoms with van der Waals surface area (Å²) in [6, 6.07) is 0.677. The minimum absolute atomic E-state index is 0.210. The van der Waals surface area contributed by atoms with Crippen LogP contribution in [0.5, 0.6) is 0 Å². The van der Waals surface area contributed by atoms with Crippen LogP contribution in [0.4, 0.5) is 0 Å². The summed E-state index contributed by atoms with van der Waals surface area (Å²) in [5.74, 6) is 0. The monoisotopic (exact) mass is 240 g/mol. The molecule has 1 aliphatic carbocycles. The number of nitrogens with zero attached hydrogens (tertiary/aromatic N) is 1. The molecule has 0 aromatic rings. The van der Waals surface area contributed by atoms with E-state index in [1.54, 1.807) is 0 Å². The molecular formula is C15H32N2. The molecule has 1 saturated carbocycles. The lowest BCUT2D eigenvalue weighted by molar-refractivity contribution is -0.0533. The largest absolute Gasteiger partial charge is 0.329 e. The van der Waals surface area contributed by atoms with Gasteiger partial charge in [-0.15, -0.1) is 0 Å². The quantitative estimate of drug-likeness (QED) is 0.798. The molecule has 0 bridgehead atoms. The molecule has 1 fully saturated rings. The Bertz CT molecular complexity index is 233. The normalized spacial score (nSPS) is 28.9. The maximum Gasteiger partial charge on any atom is 0.0382 e. The average molecular weight is 240 g/mol. The molecule has 0 aromatic heterocycles. The van der Waals surface area contributed by atoms with Gasteiger partial charge in [0.2, 0.25) is 0 Å². The minimum atomic E-state index is 0.210. The van der Waals surface area contributed by atoms with Gasteiger partial charge in [0.25, 0.3) is 0 Å². The summed E-state index contributed by atoms with van der Waals surface area (Å²) >= 11 is 0. The van der Waals surface area contributed by atoms with Gasteiger partial charge in [-0.3, -0.25) is 4.90 Å². The summed E-state index contributed by atoms with van der Waals surface area (Å²) in [6.07, 6.45) is 7.74. The lowest BCUT2D eigenvalue weighted by atomic mass is 9.62. The Hall–Kier alpha value is -0.0800. The van der Waals surface area contributed by atoms with Crippen molar-refractivity contribution in [2.24, 2.45) is 11.1 Å². The van der Waals surface area contributed by atoms with Crippen LogP contribution in [0.25, 0.3) is 0 Å². The molecule has 17 heavy (non-hydrogen) atoms. The predicted molar refractivity (Wildman–Crippen MR) is 76.2 cm³/mol. The van der Waals surface area contributed by atoms with Crippen LogP contribution in [0.1, 0.15) is 66.2 Å². The Labute approximate surface area is 108 Å². The highest BCUT2D eigenvalue weighted by Crippen LogP contribution is 2.47. The van der Waals surface area contributed by atoms with Crippen LogP contribution in [-0.4, -0.2) is 30.1 Å². The van der Waals surface area contributed by atoms with Crippen molar-refractivity contribution in [1.82, 2.24) is 4.90 Å². The molecule has 2 heteroatoms. The van der Waals surface area contributed by atoms with Gasteiger partial charge in [0.15, 0.2) is 0 Å². The number of rotatable bonds is 5. The third kappa shape index (κ3) is 2.53. The molecule has 1 unspecified atom stereocenters. The first-order valence-corrected chi connectivity index (χ1v) is 7.38. The Morgan fingerprint density at radius 2 is 1.65 bits per heavy atom. The summed E-state index contributed by atoms with van der Waals surface area (Å²) < 4.78 is 0. The average Bonchev–Trinajstić information content (AvgIpc) is 2.30. The molecule has 0 aromatic carbocycles. The second-order valence-corrected chi connectivity index (χ2v) is 6.41. The number of nitrogens with two attached hydrogens (primary N) is 1. The third-order valence-electron chi connectivity index (χ3n) is 5.40. The molecule has 0 amide bonds. The van der Waals surface area contributed by atoms with Crippen molar-refractivity contribution in [2.45, 2.75) is 77.8 Å². The Balaban J connectivity index is 3.00. The molecule has 0 radical (unpaired) electrons. The fourth-order valence-electron chi connectivity index (χ4n) is 3.92. The second-order valence-electron chi connectivity index (χ2n) is 6.41. The van der Waals surface area contributed by atoms with Gasteiger partial charge in [-0.05, 0) is 38.1 Å². The van der Waals surface area contributed by atoms with Crippen LogP contribution >= 0.6 is 0 Å². The standard InChI is InChI=1S/C15H32N2/c1-6-13(7-2)17(5)15(12-16)11-9-8-10-14(15,3)4/h13H,6-12,16H2,1-5H3. The van der Waals surface area contributed by atoms with Crippen molar-refractivity contribution in [2.75, 3.05) is 13.6 Å². The van der Waals surface area contributed by atoms with Crippen molar-refractivity contribution >= 4 is 0 Å². The van der Waals surface area contributed by atoms with Gasteiger partial charge < -0.3 is 5.73 Å². The fourth-order valence-corrected chi connectivity index (χ4v) is 3.92. The Kier molecular flexibility index (Phi) is 5.03. The van der Waals surface area contributed by atoms with E-state index in [0.29, 0.717) is 11.5 Å². The zero-order chi connectivity index (χ0) is 13.1. The van der Waals surface area contributed by atoms with E-state index in [-0.39, 0.29) is 5.54 Å². The van der Waals surface area contributed by atoms with E-state index in [0.717, 1.165) is 6.54 Å². The molecular weight excluding hydrogens is 208 g/mol. The smallest absolute Gasteiger partial charge is 0.0382 e. The summed E-state index contributed by atoms with van der Waals surface area (Å²) in [5.41, 5.74) is 6.78.